The summed E-state index contributed by atoms with van der Waals surface area (Å²) in [6, 6.07) is 6.85. The van der Waals surface area contributed by atoms with Crippen LogP contribution in [0.1, 0.15) is 5.56 Å². The van der Waals surface area contributed by atoms with Crippen LogP contribution in [0.5, 0.6) is 0 Å². The van der Waals surface area contributed by atoms with E-state index in [4.69, 9.17) is 16.3 Å². The van der Waals surface area contributed by atoms with Gasteiger partial charge in [0.1, 0.15) is 6.04 Å². The maximum Gasteiger partial charge on any atom is 0.321 e. The third-order valence-electron chi connectivity index (χ3n) is 3.14. The molecule has 98 valence electrons. The first-order chi connectivity index (χ1) is 8.68. The molecule has 1 atom stereocenters. The summed E-state index contributed by atoms with van der Waals surface area (Å²) < 4.78 is 5.24. The summed E-state index contributed by atoms with van der Waals surface area (Å²) in [6.07, 6.45) is 0.426. The van der Waals surface area contributed by atoms with E-state index in [0.29, 0.717) is 37.7 Å². The smallest absolute Gasteiger partial charge is 0.321 e. The number of nitrogens with zero attached hydrogens (tertiary/aromatic N) is 1. The number of halogens is 1. The lowest BCUT2D eigenvalue weighted by Crippen LogP contribution is -2.48. The van der Waals surface area contributed by atoms with Crippen molar-refractivity contribution in [2.75, 3.05) is 26.3 Å². The van der Waals surface area contributed by atoms with Gasteiger partial charge in [-0.1, -0.05) is 29.8 Å². The van der Waals surface area contributed by atoms with Gasteiger partial charge >= 0.3 is 5.97 Å². The summed E-state index contributed by atoms with van der Waals surface area (Å²) in [6.45, 7) is 2.49. The van der Waals surface area contributed by atoms with Crippen molar-refractivity contribution in [2.45, 2.75) is 12.5 Å². The Morgan fingerprint density at radius 2 is 2.06 bits per heavy atom. The number of morpholine rings is 1. The molecule has 0 saturated carbocycles. The molecule has 1 N–H and O–H groups in total. The van der Waals surface area contributed by atoms with Crippen LogP contribution in [0, 0.1) is 0 Å². The number of aliphatic carboxylic acids is 1. The van der Waals surface area contributed by atoms with Gasteiger partial charge in [0.2, 0.25) is 0 Å². The molecular formula is C13H16ClNO3. The van der Waals surface area contributed by atoms with Gasteiger partial charge in [-0.3, -0.25) is 9.69 Å². The number of benzene rings is 1. The van der Waals surface area contributed by atoms with Crippen molar-refractivity contribution in [3.63, 3.8) is 0 Å². The van der Waals surface area contributed by atoms with Crippen molar-refractivity contribution in [1.82, 2.24) is 4.90 Å². The second kappa shape index (κ2) is 6.18. The Hall–Kier alpha value is -1.10. The second-order valence-electron chi connectivity index (χ2n) is 4.30. The topological polar surface area (TPSA) is 49.8 Å². The minimum atomic E-state index is -0.809. The van der Waals surface area contributed by atoms with Crippen molar-refractivity contribution in [3.05, 3.63) is 34.9 Å². The first kappa shape index (κ1) is 13.3. The molecule has 1 saturated heterocycles. The Labute approximate surface area is 111 Å². The average Bonchev–Trinajstić information content (AvgIpc) is 2.38. The summed E-state index contributed by atoms with van der Waals surface area (Å²) in [4.78, 5) is 13.3. The van der Waals surface area contributed by atoms with Gasteiger partial charge in [-0.05, 0) is 11.6 Å². The lowest BCUT2D eigenvalue weighted by atomic mass is 10.0. The highest BCUT2D eigenvalue weighted by Gasteiger charge is 2.27. The molecule has 1 aliphatic rings. The zero-order valence-corrected chi connectivity index (χ0v) is 10.8. The van der Waals surface area contributed by atoms with E-state index in [9.17, 15) is 9.90 Å². The summed E-state index contributed by atoms with van der Waals surface area (Å²) in [5, 5.41) is 9.97. The van der Waals surface area contributed by atoms with Crippen LogP contribution in [0.2, 0.25) is 5.02 Å². The predicted octanol–water partition coefficient (Wildman–Crippen LogP) is 1.67. The van der Waals surface area contributed by atoms with E-state index in [2.05, 4.69) is 0 Å². The van der Waals surface area contributed by atoms with Crippen LogP contribution in [0.3, 0.4) is 0 Å². The first-order valence-corrected chi connectivity index (χ1v) is 6.34. The molecule has 0 unspecified atom stereocenters. The van der Waals surface area contributed by atoms with E-state index in [1.54, 1.807) is 6.07 Å². The predicted molar refractivity (Wildman–Crippen MR) is 69.0 cm³/mol. The Morgan fingerprint density at radius 1 is 1.39 bits per heavy atom. The van der Waals surface area contributed by atoms with Crippen molar-refractivity contribution >= 4 is 17.6 Å². The lowest BCUT2D eigenvalue weighted by molar-refractivity contribution is -0.145. The Balaban J connectivity index is 2.11. The van der Waals surface area contributed by atoms with Gasteiger partial charge in [0.25, 0.3) is 0 Å². The van der Waals surface area contributed by atoms with Gasteiger partial charge in [-0.25, -0.2) is 0 Å². The van der Waals surface area contributed by atoms with Crippen LogP contribution in [0.15, 0.2) is 24.3 Å². The molecule has 0 aliphatic carbocycles. The number of rotatable bonds is 4. The van der Waals surface area contributed by atoms with E-state index in [0.717, 1.165) is 5.56 Å². The zero-order valence-electron chi connectivity index (χ0n) is 10.0. The third kappa shape index (κ3) is 3.22. The highest BCUT2D eigenvalue weighted by atomic mass is 35.5. The minimum Gasteiger partial charge on any atom is -0.480 e. The molecule has 1 aromatic rings. The van der Waals surface area contributed by atoms with Crippen molar-refractivity contribution in [2.24, 2.45) is 0 Å². The molecule has 0 radical (unpaired) electrons. The molecule has 1 heterocycles. The Morgan fingerprint density at radius 3 is 2.67 bits per heavy atom. The third-order valence-corrected chi connectivity index (χ3v) is 3.51. The molecule has 1 aromatic carbocycles. The van der Waals surface area contributed by atoms with Crippen LogP contribution in [-0.4, -0.2) is 48.3 Å². The van der Waals surface area contributed by atoms with Crippen LogP contribution >= 0.6 is 11.6 Å². The molecule has 18 heavy (non-hydrogen) atoms. The zero-order chi connectivity index (χ0) is 13.0. The number of carboxylic acids is 1. The molecule has 0 bridgehead atoms. The first-order valence-electron chi connectivity index (χ1n) is 5.96. The maximum absolute atomic E-state index is 11.4. The molecule has 5 heteroatoms. The van der Waals surface area contributed by atoms with Gasteiger partial charge in [0, 0.05) is 24.5 Å². The Kier molecular flexibility index (Phi) is 4.58. The normalized spacial score (nSPS) is 18.5. The largest absolute Gasteiger partial charge is 0.480 e. The summed E-state index contributed by atoms with van der Waals surface area (Å²) in [5.74, 6) is -0.809. The van der Waals surface area contributed by atoms with Gasteiger partial charge < -0.3 is 9.84 Å². The van der Waals surface area contributed by atoms with E-state index < -0.39 is 12.0 Å². The van der Waals surface area contributed by atoms with E-state index in [1.165, 1.54) is 0 Å². The highest BCUT2D eigenvalue weighted by molar-refractivity contribution is 6.31. The van der Waals surface area contributed by atoms with Crippen LogP contribution < -0.4 is 0 Å². The molecule has 0 spiro atoms. The molecule has 2 rings (SSSR count). The van der Waals surface area contributed by atoms with E-state index in [-0.39, 0.29) is 0 Å². The van der Waals surface area contributed by atoms with E-state index in [1.807, 2.05) is 23.1 Å². The minimum absolute atomic E-state index is 0.426. The van der Waals surface area contributed by atoms with Crippen molar-refractivity contribution < 1.29 is 14.6 Å². The number of carbonyl (C=O) groups is 1. The highest BCUT2D eigenvalue weighted by Crippen LogP contribution is 2.19. The number of hydrogen-bond acceptors (Lipinski definition) is 3. The van der Waals surface area contributed by atoms with Gasteiger partial charge in [0.15, 0.2) is 0 Å². The molecule has 1 fully saturated rings. The van der Waals surface area contributed by atoms with Crippen LogP contribution in [0.4, 0.5) is 0 Å². The van der Waals surface area contributed by atoms with Gasteiger partial charge in [-0.2, -0.15) is 0 Å². The van der Waals surface area contributed by atoms with Crippen molar-refractivity contribution in [1.29, 1.82) is 0 Å². The molecule has 1 aliphatic heterocycles. The molecule has 0 amide bonds. The molecule has 4 nitrogen and oxygen atoms in total. The SMILES string of the molecule is O=C(O)[C@H](Cc1ccccc1Cl)N1CCOCC1. The maximum atomic E-state index is 11.4. The monoisotopic (exact) mass is 269 g/mol. The fourth-order valence-corrected chi connectivity index (χ4v) is 2.35. The van der Waals surface area contributed by atoms with Crippen LogP contribution in [0.25, 0.3) is 0 Å². The average molecular weight is 270 g/mol. The quantitative estimate of drug-likeness (QED) is 0.903. The van der Waals surface area contributed by atoms with E-state index >= 15 is 0 Å². The molecule has 0 aromatic heterocycles. The van der Waals surface area contributed by atoms with Gasteiger partial charge in [-0.15, -0.1) is 0 Å². The summed E-state index contributed by atoms with van der Waals surface area (Å²) in [7, 11) is 0. The van der Waals surface area contributed by atoms with Crippen molar-refractivity contribution in [3.8, 4) is 0 Å². The summed E-state index contributed by atoms with van der Waals surface area (Å²) >= 11 is 6.08. The van der Waals surface area contributed by atoms with Gasteiger partial charge in [0.05, 0.1) is 13.2 Å². The fourth-order valence-electron chi connectivity index (χ4n) is 2.13. The summed E-state index contributed by atoms with van der Waals surface area (Å²) in [5.41, 5.74) is 0.873. The second-order valence-corrected chi connectivity index (χ2v) is 4.71. The number of ether oxygens (including phenoxy) is 1. The Bertz CT molecular complexity index is 418. The lowest BCUT2D eigenvalue weighted by Gasteiger charge is -2.32. The van der Waals surface area contributed by atoms with Crippen LogP contribution in [-0.2, 0) is 16.0 Å². The number of carboxylic acid groups (broad SMARTS) is 1. The standard InChI is InChI=1S/C13H16ClNO3/c14-11-4-2-1-3-10(11)9-12(13(16)17)15-5-7-18-8-6-15/h1-4,12H,5-9H2,(H,16,17)/t12-/m0/s1. The number of hydrogen-bond donors (Lipinski definition) is 1. The molecular weight excluding hydrogens is 254 g/mol. The fraction of sp³-hybridized carbons (Fsp3) is 0.462.